The number of amides is 1. The predicted molar refractivity (Wildman–Crippen MR) is 69.9 cm³/mol. The number of hydrogen-bond donors (Lipinski definition) is 1. The molecule has 1 saturated heterocycles. The first kappa shape index (κ1) is 12.9. The number of piperidine rings is 1. The molecule has 0 radical (unpaired) electrons. The fourth-order valence-electron chi connectivity index (χ4n) is 2.66. The Morgan fingerprint density at radius 3 is 2.78 bits per heavy atom. The van der Waals surface area contributed by atoms with Crippen molar-refractivity contribution in [2.75, 3.05) is 6.54 Å². The first-order valence-electron chi connectivity index (χ1n) is 6.45. The van der Waals surface area contributed by atoms with Gasteiger partial charge in [0.15, 0.2) is 6.23 Å². The molecular formula is C14H20N2O2. The molecule has 1 amide bonds. The Balaban J connectivity index is 2.13. The van der Waals surface area contributed by atoms with E-state index in [0.717, 1.165) is 19.4 Å². The molecule has 0 saturated carbocycles. The Kier molecular flexibility index (Phi) is 4.20. The highest BCUT2D eigenvalue weighted by Gasteiger charge is 2.29. The third kappa shape index (κ3) is 3.01. The summed E-state index contributed by atoms with van der Waals surface area (Å²) in [6.07, 6.45) is 2.46. The molecule has 0 spiro atoms. The quantitative estimate of drug-likeness (QED) is 0.894. The molecule has 1 aliphatic rings. The minimum absolute atomic E-state index is 0.270. The zero-order valence-electron chi connectivity index (χ0n) is 10.7. The number of hydrogen-bond acceptors (Lipinski definition) is 3. The number of primary amides is 1. The summed E-state index contributed by atoms with van der Waals surface area (Å²) in [5.41, 5.74) is 6.37. The fourth-order valence-corrected chi connectivity index (χ4v) is 2.66. The molecule has 1 fully saturated rings. The van der Waals surface area contributed by atoms with Gasteiger partial charge >= 0.3 is 6.09 Å². The summed E-state index contributed by atoms with van der Waals surface area (Å²) >= 11 is 0. The number of benzene rings is 1. The zero-order chi connectivity index (χ0) is 13.0. The molecule has 0 aromatic heterocycles. The van der Waals surface area contributed by atoms with Crippen LogP contribution in [0.2, 0.25) is 0 Å². The molecule has 0 bridgehead atoms. The molecule has 2 atom stereocenters. The van der Waals surface area contributed by atoms with E-state index in [9.17, 15) is 4.79 Å². The third-order valence-electron chi connectivity index (χ3n) is 3.48. The molecular weight excluding hydrogens is 228 g/mol. The van der Waals surface area contributed by atoms with Crippen molar-refractivity contribution in [3.63, 3.8) is 0 Å². The van der Waals surface area contributed by atoms with Crippen LogP contribution in [0.1, 0.15) is 37.8 Å². The molecule has 1 heterocycles. The van der Waals surface area contributed by atoms with Crippen LogP contribution in [0.3, 0.4) is 0 Å². The van der Waals surface area contributed by atoms with E-state index in [1.807, 2.05) is 25.1 Å². The van der Waals surface area contributed by atoms with Crippen molar-refractivity contribution < 1.29 is 9.53 Å². The predicted octanol–water partition coefficient (Wildman–Crippen LogP) is 2.65. The van der Waals surface area contributed by atoms with E-state index in [4.69, 9.17) is 10.5 Å². The monoisotopic (exact) mass is 248 g/mol. The summed E-state index contributed by atoms with van der Waals surface area (Å²) in [5, 5.41) is 0. The number of nitrogens with zero attached hydrogens (tertiary/aromatic N) is 1. The van der Waals surface area contributed by atoms with E-state index in [-0.39, 0.29) is 6.23 Å². The average Bonchev–Trinajstić information content (AvgIpc) is 2.39. The molecule has 1 aliphatic heterocycles. The van der Waals surface area contributed by atoms with Gasteiger partial charge in [-0.15, -0.1) is 0 Å². The van der Waals surface area contributed by atoms with Crippen LogP contribution in [0.15, 0.2) is 30.3 Å². The lowest BCUT2D eigenvalue weighted by Crippen LogP contribution is -2.43. The minimum atomic E-state index is -0.708. The molecule has 4 nitrogen and oxygen atoms in total. The van der Waals surface area contributed by atoms with Crippen molar-refractivity contribution in [3.05, 3.63) is 35.9 Å². The van der Waals surface area contributed by atoms with Crippen LogP contribution in [0.5, 0.6) is 0 Å². The maximum Gasteiger partial charge on any atom is 0.406 e. The Bertz CT molecular complexity index is 394. The van der Waals surface area contributed by atoms with Gasteiger partial charge in [-0.25, -0.2) is 4.79 Å². The van der Waals surface area contributed by atoms with Crippen LogP contribution in [0, 0.1) is 0 Å². The maximum atomic E-state index is 10.9. The standard InChI is InChI=1S/C14H20N2O2/c1-11(18-14(15)17)16-10-6-5-9-13(16)12-7-3-2-4-8-12/h2-4,7-8,11,13H,5-6,9-10H2,1H3,(H2,15,17). The summed E-state index contributed by atoms with van der Waals surface area (Å²) in [5.74, 6) is 0. The number of nitrogens with two attached hydrogens (primary N) is 1. The van der Waals surface area contributed by atoms with Gasteiger partial charge in [0, 0.05) is 12.6 Å². The van der Waals surface area contributed by atoms with Gasteiger partial charge in [-0.2, -0.15) is 0 Å². The number of likely N-dealkylation sites (tertiary alicyclic amines) is 1. The van der Waals surface area contributed by atoms with Crippen molar-refractivity contribution in [2.45, 2.75) is 38.5 Å². The van der Waals surface area contributed by atoms with Crippen LogP contribution >= 0.6 is 0 Å². The Hall–Kier alpha value is -1.55. The van der Waals surface area contributed by atoms with Crippen molar-refractivity contribution in [1.82, 2.24) is 4.90 Å². The Morgan fingerprint density at radius 2 is 2.11 bits per heavy atom. The zero-order valence-corrected chi connectivity index (χ0v) is 10.7. The van der Waals surface area contributed by atoms with Crippen molar-refractivity contribution in [2.24, 2.45) is 5.73 Å². The van der Waals surface area contributed by atoms with Gasteiger partial charge < -0.3 is 10.5 Å². The first-order chi connectivity index (χ1) is 8.68. The summed E-state index contributed by atoms with van der Waals surface area (Å²) in [4.78, 5) is 13.1. The van der Waals surface area contributed by atoms with E-state index < -0.39 is 6.09 Å². The van der Waals surface area contributed by atoms with Crippen molar-refractivity contribution in [1.29, 1.82) is 0 Å². The van der Waals surface area contributed by atoms with Gasteiger partial charge in [-0.3, -0.25) is 4.90 Å². The number of carbonyl (C=O) groups is 1. The van der Waals surface area contributed by atoms with Gasteiger partial charge in [0.05, 0.1) is 0 Å². The second-order valence-electron chi connectivity index (χ2n) is 4.70. The SMILES string of the molecule is CC(OC(N)=O)N1CCCCC1c1ccccc1. The van der Waals surface area contributed by atoms with Gasteiger partial charge in [0.2, 0.25) is 0 Å². The molecule has 2 unspecified atom stereocenters. The fraction of sp³-hybridized carbons (Fsp3) is 0.500. The van der Waals surface area contributed by atoms with E-state index in [1.165, 1.54) is 12.0 Å². The highest BCUT2D eigenvalue weighted by molar-refractivity contribution is 5.64. The Labute approximate surface area is 108 Å². The van der Waals surface area contributed by atoms with Gasteiger partial charge in [0.25, 0.3) is 0 Å². The van der Waals surface area contributed by atoms with Crippen LogP contribution in [-0.2, 0) is 4.74 Å². The largest absolute Gasteiger partial charge is 0.431 e. The van der Waals surface area contributed by atoms with Crippen LogP contribution in [0.4, 0.5) is 4.79 Å². The van der Waals surface area contributed by atoms with Gasteiger partial charge in [-0.1, -0.05) is 36.8 Å². The summed E-state index contributed by atoms with van der Waals surface area (Å²) in [6.45, 7) is 2.82. The van der Waals surface area contributed by atoms with Crippen LogP contribution in [0.25, 0.3) is 0 Å². The van der Waals surface area contributed by atoms with E-state index in [0.29, 0.717) is 6.04 Å². The van der Waals surface area contributed by atoms with Gasteiger partial charge in [0.1, 0.15) is 0 Å². The summed E-state index contributed by atoms with van der Waals surface area (Å²) in [6, 6.07) is 10.7. The number of carbonyl (C=O) groups excluding carboxylic acids is 1. The average molecular weight is 248 g/mol. The smallest absolute Gasteiger partial charge is 0.406 e. The molecule has 1 aromatic rings. The second-order valence-corrected chi connectivity index (χ2v) is 4.70. The summed E-state index contributed by atoms with van der Waals surface area (Å²) in [7, 11) is 0. The number of rotatable bonds is 3. The van der Waals surface area contributed by atoms with Crippen molar-refractivity contribution in [3.8, 4) is 0 Å². The molecule has 2 N–H and O–H groups in total. The second kappa shape index (κ2) is 5.87. The molecule has 2 rings (SSSR count). The molecule has 0 aliphatic carbocycles. The normalized spacial score (nSPS) is 22.4. The molecule has 18 heavy (non-hydrogen) atoms. The Morgan fingerprint density at radius 1 is 1.39 bits per heavy atom. The van der Waals surface area contributed by atoms with E-state index >= 15 is 0 Å². The first-order valence-corrected chi connectivity index (χ1v) is 6.45. The molecule has 98 valence electrons. The summed E-state index contributed by atoms with van der Waals surface area (Å²) < 4.78 is 5.11. The van der Waals surface area contributed by atoms with E-state index in [2.05, 4.69) is 17.0 Å². The maximum absolute atomic E-state index is 10.9. The topological polar surface area (TPSA) is 55.6 Å². The highest BCUT2D eigenvalue weighted by atomic mass is 16.6. The minimum Gasteiger partial charge on any atom is -0.431 e. The molecule has 1 aromatic carbocycles. The highest BCUT2D eigenvalue weighted by Crippen LogP contribution is 2.32. The van der Waals surface area contributed by atoms with E-state index in [1.54, 1.807) is 0 Å². The third-order valence-corrected chi connectivity index (χ3v) is 3.48. The lowest BCUT2D eigenvalue weighted by atomic mass is 9.95. The van der Waals surface area contributed by atoms with Crippen LogP contribution in [-0.4, -0.2) is 23.8 Å². The lowest BCUT2D eigenvalue weighted by Gasteiger charge is -2.39. The number of ether oxygens (including phenoxy) is 1. The molecule has 4 heteroatoms. The van der Waals surface area contributed by atoms with Gasteiger partial charge in [-0.05, 0) is 25.3 Å². The lowest BCUT2D eigenvalue weighted by molar-refractivity contribution is -0.0370. The van der Waals surface area contributed by atoms with Crippen molar-refractivity contribution >= 4 is 6.09 Å². The van der Waals surface area contributed by atoms with Crippen LogP contribution < -0.4 is 5.73 Å².